The molecule has 1 unspecified atom stereocenters. The maximum absolute atomic E-state index is 12.5. The van der Waals surface area contributed by atoms with Gasteiger partial charge in [-0.15, -0.1) is 11.3 Å². The molecule has 0 spiro atoms. The molecule has 3 aromatic rings. The summed E-state index contributed by atoms with van der Waals surface area (Å²) in [4.78, 5) is 28.5. The van der Waals surface area contributed by atoms with Gasteiger partial charge in [0.25, 0.3) is 0 Å². The number of anilines is 1. The fourth-order valence-corrected chi connectivity index (χ4v) is 3.58. The van der Waals surface area contributed by atoms with E-state index in [-0.39, 0.29) is 24.3 Å². The Labute approximate surface area is 162 Å². The van der Waals surface area contributed by atoms with Crippen LogP contribution in [0, 0.1) is 6.92 Å². The van der Waals surface area contributed by atoms with Crippen molar-refractivity contribution in [3.8, 4) is 11.3 Å². The molecule has 138 valence electrons. The van der Waals surface area contributed by atoms with Crippen molar-refractivity contribution < 1.29 is 9.59 Å². The number of carbonyl (C=O) groups is 2. The fourth-order valence-electron chi connectivity index (χ4n) is 2.85. The molecule has 0 radical (unpaired) electrons. The highest BCUT2D eigenvalue weighted by Gasteiger charge is 2.18. The molecule has 0 aliphatic heterocycles. The van der Waals surface area contributed by atoms with Crippen molar-refractivity contribution in [2.24, 2.45) is 0 Å². The number of carbonyl (C=O) groups excluding carboxylic acids is 2. The highest BCUT2D eigenvalue weighted by Crippen LogP contribution is 2.27. The Balaban J connectivity index is 1.69. The van der Waals surface area contributed by atoms with Crippen molar-refractivity contribution in [1.82, 2.24) is 10.3 Å². The summed E-state index contributed by atoms with van der Waals surface area (Å²) in [5, 5.41) is 8.16. The van der Waals surface area contributed by atoms with Crippen molar-refractivity contribution >= 4 is 28.3 Å². The van der Waals surface area contributed by atoms with Crippen LogP contribution in [0.25, 0.3) is 11.3 Å². The van der Waals surface area contributed by atoms with Gasteiger partial charge in [0, 0.05) is 17.9 Å². The maximum atomic E-state index is 12.5. The van der Waals surface area contributed by atoms with Crippen LogP contribution in [0.4, 0.5) is 5.13 Å². The quantitative estimate of drug-likeness (QED) is 0.670. The van der Waals surface area contributed by atoms with Crippen molar-refractivity contribution in [3.05, 3.63) is 71.1 Å². The van der Waals surface area contributed by atoms with Gasteiger partial charge in [-0.2, -0.15) is 0 Å². The second-order valence-corrected chi connectivity index (χ2v) is 7.13. The predicted molar refractivity (Wildman–Crippen MR) is 109 cm³/mol. The van der Waals surface area contributed by atoms with Crippen LogP contribution in [-0.4, -0.2) is 16.8 Å². The highest BCUT2D eigenvalue weighted by atomic mass is 32.1. The molecule has 3 rings (SSSR count). The number of thiazole rings is 1. The van der Waals surface area contributed by atoms with Gasteiger partial charge < -0.3 is 10.6 Å². The van der Waals surface area contributed by atoms with Gasteiger partial charge in [0.15, 0.2) is 5.13 Å². The second-order valence-electron chi connectivity index (χ2n) is 6.27. The third kappa shape index (κ3) is 5.01. The number of nitrogens with zero attached hydrogens (tertiary/aromatic N) is 1. The van der Waals surface area contributed by atoms with E-state index in [1.54, 1.807) is 0 Å². The lowest BCUT2D eigenvalue weighted by Crippen LogP contribution is -2.29. The Hall–Kier alpha value is -2.99. The largest absolute Gasteiger partial charge is 0.349 e. The lowest BCUT2D eigenvalue weighted by Gasteiger charge is -2.17. The van der Waals surface area contributed by atoms with Gasteiger partial charge in [-0.05, 0) is 18.1 Å². The summed E-state index contributed by atoms with van der Waals surface area (Å²) < 4.78 is 0. The van der Waals surface area contributed by atoms with Crippen LogP contribution in [0.1, 0.15) is 30.5 Å². The normalized spacial score (nSPS) is 11.6. The summed E-state index contributed by atoms with van der Waals surface area (Å²) in [5.74, 6) is -0.365. The first kappa shape index (κ1) is 18.8. The van der Waals surface area contributed by atoms with E-state index in [0.29, 0.717) is 5.13 Å². The van der Waals surface area contributed by atoms with Gasteiger partial charge in [0.05, 0.1) is 18.2 Å². The van der Waals surface area contributed by atoms with Gasteiger partial charge in [-0.3, -0.25) is 9.59 Å². The smallest absolute Gasteiger partial charge is 0.228 e. The van der Waals surface area contributed by atoms with E-state index >= 15 is 0 Å². The highest BCUT2D eigenvalue weighted by molar-refractivity contribution is 7.14. The minimum Gasteiger partial charge on any atom is -0.349 e. The number of hydrogen-bond acceptors (Lipinski definition) is 4. The Morgan fingerprint density at radius 2 is 1.78 bits per heavy atom. The number of rotatable bonds is 6. The van der Waals surface area contributed by atoms with Crippen molar-refractivity contribution in [2.45, 2.75) is 26.3 Å². The van der Waals surface area contributed by atoms with E-state index in [4.69, 9.17) is 0 Å². The number of hydrogen-bond donors (Lipinski definition) is 2. The molecule has 1 aromatic heterocycles. The third-order valence-electron chi connectivity index (χ3n) is 4.14. The van der Waals surface area contributed by atoms with E-state index in [0.717, 1.165) is 22.4 Å². The molecule has 0 saturated heterocycles. The second kappa shape index (κ2) is 8.60. The number of amides is 2. The molecule has 0 saturated carbocycles. The molecule has 6 heteroatoms. The summed E-state index contributed by atoms with van der Waals surface area (Å²) in [6, 6.07) is 17.1. The number of aryl methyl sites for hydroxylation is 1. The number of nitrogens with one attached hydrogen (secondary N) is 2. The van der Waals surface area contributed by atoms with E-state index in [2.05, 4.69) is 15.6 Å². The summed E-state index contributed by atoms with van der Waals surface area (Å²) >= 11 is 1.39. The van der Waals surface area contributed by atoms with Gasteiger partial charge in [-0.25, -0.2) is 4.98 Å². The van der Waals surface area contributed by atoms with Gasteiger partial charge in [0.2, 0.25) is 11.8 Å². The average Bonchev–Trinajstić information content (AvgIpc) is 3.10. The molecule has 0 aliphatic carbocycles. The lowest BCUT2D eigenvalue weighted by atomic mass is 10.0. The van der Waals surface area contributed by atoms with E-state index in [9.17, 15) is 9.59 Å². The monoisotopic (exact) mass is 379 g/mol. The summed E-state index contributed by atoms with van der Waals surface area (Å²) in [5.41, 5.74) is 3.92. The molecule has 5 nitrogen and oxygen atoms in total. The number of benzene rings is 2. The summed E-state index contributed by atoms with van der Waals surface area (Å²) in [6.45, 7) is 3.48. The SMILES string of the molecule is CC(=O)NC(CC(=O)Nc1nc(-c2ccccc2C)cs1)c1ccccc1. The molecule has 2 amide bonds. The molecule has 0 aliphatic rings. The Bertz CT molecular complexity index is 937. The molecule has 0 bridgehead atoms. The van der Waals surface area contributed by atoms with Crippen molar-refractivity contribution in [2.75, 3.05) is 5.32 Å². The Morgan fingerprint density at radius 3 is 2.48 bits per heavy atom. The van der Waals surface area contributed by atoms with E-state index in [1.165, 1.54) is 18.3 Å². The molecule has 1 heterocycles. The minimum atomic E-state index is -0.375. The van der Waals surface area contributed by atoms with E-state index in [1.807, 2.05) is 66.9 Å². The van der Waals surface area contributed by atoms with Crippen molar-refractivity contribution in [3.63, 3.8) is 0 Å². The van der Waals surface area contributed by atoms with Crippen LogP contribution in [0.3, 0.4) is 0 Å². The summed E-state index contributed by atoms with van der Waals surface area (Å²) in [6.07, 6.45) is 0.142. The predicted octanol–water partition coefficient (Wildman–Crippen LogP) is 4.32. The zero-order valence-corrected chi connectivity index (χ0v) is 16.0. The topological polar surface area (TPSA) is 71.1 Å². The minimum absolute atomic E-state index is 0.142. The lowest BCUT2D eigenvalue weighted by molar-refractivity contribution is -0.120. The molecule has 2 aromatic carbocycles. The molecular weight excluding hydrogens is 358 g/mol. The number of aromatic nitrogens is 1. The molecule has 1 atom stereocenters. The van der Waals surface area contributed by atoms with Crippen LogP contribution in [-0.2, 0) is 9.59 Å². The molecular formula is C21H21N3O2S. The van der Waals surface area contributed by atoms with Gasteiger partial charge >= 0.3 is 0 Å². The first-order valence-corrected chi connectivity index (χ1v) is 9.54. The van der Waals surface area contributed by atoms with Crippen molar-refractivity contribution in [1.29, 1.82) is 0 Å². The maximum Gasteiger partial charge on any atom is 0.228 e. The third-order valence-corrected chi connectivity index (χ3v) is 4.90. The van der Waals surface area contributed by atoms with Crippen LogP contribution < -0.4 is 10.6 Å². The standard InChI is InChI=1S/C21H21N3O2S/c1-14-8-6-7-11-17(14)19-13-27-21(23-19)24-20(26)12-18(22-15(2)25)16-9-4-3-5-10-16/h3-11,13,18H,12H2,1-2H3,(H,22,25)(H,23,24,26). The molecule has 0 fully saturated rings. The van der Waals surface area contributed by atoms with Crippen LogP contribution in [0.15, 0.2) is 60.0 Å². The van der Waals surface area contributed by atoms with E-state index < -0.39 is 0 Å². The van der Waals surface area contributed by atoms with Gasteiger partial charge in [-0.1, -0.05) is 54.6 Å². The average molecular weight is 379 g/mol. The zero-order valence-electron chi connectivity index (χ0n) is 15.2. The first-order chi connectivity index (χ1) is 13.0. The van der Waals surface area contributed by atoms with Gasteiger partial charge in [0.1, 0.15) is 0 Å². The Morgan fingerprint density at radius 1 is 1.07 bits per heavy atom. The molecule has 2 N–H and O–H groups in total. The Kier molecular flexibility index (Phi) is 5.98. The summed E-state index contributed by atoms with van der Waals surface area (Å²) in [7, 11) is 0. The zero-order chi connectivity index (χ0) is 19.2. The first-order valence-electron chi connectivity index (χ1n) is 8.66. The van der Waals surface area contributed by atoms with Crippen LogP contribution in [0.2, 0.25) is 0 Å². The van der Waals surface area contributed by atoms with Crippen LogP contribution >= 0.6 is 11.3 Å². The molecule has 27 heavy (non-hydrogen) atoms. The van der Waals surface area contributed by atoms with Crippen LogP contribution in [0.5, 0.6) is 0 Å². The fraction of sp³-hybridized carbons (Fsp3) is 0.190.